The number of nitrogens with one attached hydrogen (secondary N) is 1. The van der Waals surface area contributed by atoms with Crippen molar-refractivity contribution in [2.24, 2.45) is 0 Å². The fourth-order valence-electron chi connectivity index (χ4n) is 2.98. The molecular formula is C22H21FN4O3S. The first-order valence-corrected chi connectivity index (χ1v) is 10.7. The molecule has 0 aliphatic rings. The Bertz CT molecular complexity index is 1170. The summed E-state index contributed by atoms with van der Waals surface area (Å²) >= 11 is 1.43. The Morgan fingerprint density at radius 2 is 1.87 bits per heavy atom. The van der Waals surface area contributed by atoms with Gasteiger partial charge in [0.25, 0.3) is 5.91 Å². The molecular weight excluding hydrogens is 419 g/mol. The molecule has 2 aromatic carbocycles. The van der Waals surface area contributed by atoms with Crippen LogP contribution in [0.15, 0.2) is 53.9 Å². The number of aromatic nitrogens is 3. The zero-order valence-electron chi connectivity index (χ0n) is 16.9. The SMILES string of the molecule is CCOc1ccc(OCC(=O)NCCc2csc3nc(-c4ccccc4F)nn23)cc1. The summed E-state index contributed by atoms with van der Waals surface area (Å²) in [5, 5.41) is 9.19. The van der Waals surface area contributed by atoms with E-state index in [4.69, 9.17) is 9.47 Å². The van der Waals surface area contributed by atoms with Crippen LogP contribution >= 0.6 is 11.3 Å². The number of amides is 1. The van der Waals surface area contributed by atoms with Gasteiger partial charge in [-0.15, -0.1) is 16.4 Å². The van der Waals surface area contributed by atoms with Crippen molar-refractivity contribution >= 4 is 22.2 Å². The molecule has 0 saturated carbocycles. The van der Waals surface area contributed by atoms with Gasteiger partial charge in [0, 0.05) is 18.3 Å². The number of rotatable bonds is 9. The van der Waals surface area contributed by atoms with Crippen molar-refractivity contribution in [1.29, 1.82) is 0 Å². The summed E-state index contributed by atoms with van der Waals surface area (Å²) in [7, 11) is 0. The summed E-state index contributed by atoms with van der Waals surface area (Å²) in [4.78, 5) is 17.2. The zero-order valence-corrected chi connectivity index (χ0v) is 17.7. The summed E-state index contributed by atoms with van der Waals surface area (Å²) < 4.78 is 26.6. The number of thiazole rings is 1. The van der Waals surface area contributed by atoms with Gasteiger partial charge in [-0.2, -0.15) is 4.98 Å². The van der Waals surface area contributed by atoms with Crippen LogP contribution < -0.4 is 14.8 Å². The van der Waals surface area contributed by atoms with Gasteiger partial charge in [0.15, 0.2) is 12.4 Å². The molecule has 160 valence electrons. The van der Waals surface area contributed by atoms with Crippen molar-refractivity contribution in [3.63, 3.8) is 0 Å². The van der Waals surface area contributed by atoms with Gasteiger partial charge in [0.1, 0.15) is 17.3 Å². The molecule has 31 heavy (non-hydrogen) atoms. The number of carbonyl (C=O) groups excluding carboxylic acids is 1. The highest BCUT2D eigenvalue weighted by molar-refractivity contribution is 7.15. The molecule has 0 aliphatic heterocycles. The van der Waals surface area contributed by atoms with Crippen molar-refractivity contribution in [3.8, 4) is 22.9 Å². The first-order chi connectivity index (χ1) is 15.1. The maximum Gasteiger partial charge on any atom is 0.257 e. The van der Waals surface area contributed by atoms with E-state index in [-0.39, 0.29) is 18.3 Å². The highest BCUT2D eigenvalue weighted by Crippen LogP contribution is 2.23. The lowest BCUT2D eigenvalue weighted by Crippen LogP contribution is -2.30. The molecule has 0 radical (unpaired) electrons. The van der Waals surface area contributed by atoms with E-state index in [1.54, 1.807) is 47.0 Å². The zero-order chi connectivity index (χ0) is 21.6. The van der Waals surface area contributed by atoms with E-state index < -0.39 is 0 Å². The van der Waals surface area contributed by atoms with Crippen molar-refractivity contribution in [3.05, 3.63) is 65.4 Å². The van der Waals surface area contributed by atoms with Gasteiger partial charge in [-0.1, -0.05) is 12.1 Å². The second-order valence-corrected chi connectivity index (χ2v) is 7.47. The number of fused-ring (bicyclic) bond motifs is 1. The Morgan fingerprint density at radius 1 is 1.13 bits per heavy atom. The van der Waals surface area contributed by atoms with E-state index >= 15 is 0 Å². The van der Waals surface area contributed by atoms with E-state index in [1.165, 1.54) is 17.4 Å². The van der Waals surface area contributed by atoms with Gasteiger partial charge in [-0.05, 0) is 43.3 Å². The average molecular weight is 441 g/mol. The number of nitrogens with zero attached hydrogens (tertiary/aromatic N) is 3. The number of hydrogen-bond donors (Lipinski definition) is 1. The number of hydrogen-bond acceptors (Lipinski definition) is 6. The van der Waals surface area contributed by atoms with Crippen LogP contribution in [0.5, 0.6) is 11.5 Å². The number of benzene rings is 2. The first kappa shape index (κ1) is 20.8. The van der Waals surface area contributed by atoms with E-state index in [2.05, 4.69) is 15.4 Å². The van der Waals surface area contributed by atoms with Gasteiger partial charge in [-0.3, -0.25) is 4.79 Å². The summed E-state index contributed by atoms with van der Waals surface area (Å²) in [6.07, 6.45) is 0.564. The highest BCUT2D eigenvalue weighted by atomic mass is 32.1. The van der Waals surface area contributed by atoms with Crippen LogP contribution in [0.3, 0.4) is 0 Å². The molecule has 0 fully saturated rings. The highest BCUT2D eigenvalue weighted by Gasteiger charge is 2.14. The van der Waals surface area contributed by atoms with Gasteiger partial charge in [-0.25, -0.2) is 8.91 Å². The standard InChI is InChI=1S/C22H21FN4O3S/c1-2-29-16-7-9-17(10-8-16)30-13-20(28)24-12-11-15-14-31-22-25-21(26-27(15)22)18-5-3-4-6-19(18)23/h3-10,14H,2,11-13H2,1H3,(H,24,28). The molecule has 9 heteroatoms. The van der Waals surface area contributed by atoms with Crippen molar-refractivity contribution in [2.45, 2.75) is 13.3 Å². The first-order valence-electron chi connectivity index (χ1n) is 9.84. The molecule has 0 spiro atoms. The van der Waals surface area contributed by atoms with E-state index in [0.717, 1.165) is 11.4 Å². The lowest BCUT2D eigenvalue weighted by Gasteiger charge is -2.08. The maximum absolute atomic E-state index is 14.0. The largest absolute Gasteiger partial charge is 0.494 e. The number of carbonyl (C=O) groups is 1. The predicted octanol–water partition coefficient (Wildman–Crippen LogP) is 3.73. The molecule has 0 aliphatic carbocycles. The molecule has 2 aromatic heterocycles. The fraction of sp³-hybridized carbons (Fsp3) is 0.227. The normalized spacial score (nSPS) is 10.9. The van der Waals surface area contributed by atoms with Crippen molar-refractivity contribution in [1.82, 2.24) is 19.9 Å². The van der Waals surface area contributed by atoms with Gasteiger partial charge in [0.05, 0.1) is 17.9 Å². The predicted molar refractivity (Wildman–Crippen MR) is 116 cm³/mol. The third-order valence-electron chi connectivity index (χ3n) is 4.47. The van der Waals surface area contributed by atoms with Crippen LogP contribution in [0.1, 0.15) is 12.6 Å². The minimum absolute atomic E-state index is 0.0756. The lowest BCUT2D eigenvalue weighted by molar-refractivity contribution is -0.123. The molecule has 4 aromatic rings. The van der Waals surface area contributed by atoms with E-state index in [0.29, 0.717) is 41.7 Å². The van der Waals surface area contributed by atoms with Crippen molar-refractivity contribution < 1.29 is 18.7 Å². The third kappa shape index (κ3) is 5.00. The minimum atomic E-state index is -0.359. The van der Waals surface area contributed by atoms with Gasteiger partial charge in [0.2, 0.25) is 4.96 Å². The molecule has 0 atom stereocenters. The summed E-state index contributed by atoms with van der Waals surface area (Å²) in [6.45, 7) is 2.86. The quantitative estimate of drug-likeness (QED) is 0.429. The van der Waals surface area contributed by atoms with Crippen molar-refractivity contribution in [2.75, 3.05) is 19.8 Å². The van der Waals surface area contributed by atoms with E-state index in [9.17, 15) is 9.18 Å². The second-order valence-electron chi connectivity index (χ2n) is 6.63. The molecule has 4 rings (SSSR count). The average Bonchev–Trinajstić information content (AvgIpc) is 3.35. The topological polar surface area (TPSA) is 77.8 Å². The summed E-state index contributed by atoms with van der Waals surface area (Å²) in [5.41, 5.74) is 1.26. The van der Waals surface area contributed by atoms with Crippen LogP contribution in [0.25, 0.3) is 16.3 Å². The number of ether oxygens (including phenoxy) is 2. The monoisotopic (exact) mass is 440 g/mol. The summed E-state index contributed by atoms with van der Waals surface area (Å²) in [6, 6.07) is 13.5. The van der Waals surface area contributed by atoms with Crippen LogP contribution in [-0.2, 0) is 11.2 Å². The molecule has 0 saturated heterocycles. The van der Waals surface area contributed by atoms with E-state index in [1.807, 2.05) is 12.3 Å². The van der Waals surface area contributed by atoms with Crippen LogP contribution in [0.4, 0.5) is 4.39 Å². The van der Waals surface area contributed by atoms with Crippen LogP contribution in [-0.4, -0.2) is 40.3 Å². The molecule has 1 N–H and O–H groups in total. The summed E-state index contributed by atoms with van der Waals surface area (Å²) in [5.74, 6) is 1.13. The third-order valence-corrected chi connectivity index (χ3v) is 5.34. The Labute approximate surface area is 182 Å². The minimum Gasteiger partial charge on any atom is -0.494 e. The number of halogens is 1. The molecule has 7 nitrogen and oxygen atoms in total. The second kappa shape index (κ2) is 9.57. The Balaban J connectivity index is 1.29. The lowest BCUT2D eigenvalue weighted by atomic mass is 10.2. The molecule has 0 unspecified atom stereocenters. The van der Waals surface area contributed by atoms with Crippen LogP contribution in [0.2, 0.25) is 0 Å². The Kier molecular flexibility index (Phi) is 6.42. The maximum atomic E-state index is 14.0. The smallest absolute Gasteiger partial charge is 0.257 e. The van der Waals surface area contributed by atoms with Gasteiger partial charge >= 0.3 is 0 Å². The van der Waals surface area contributed by atoms with Gasteiger partial charge < -0.3 is 14.8 Å². The molecule has 0 bridgehead atoms. The van der Waals surface area contributed by atoms with Crippen LogP contribution in [0, 0.1) is 5.82 Å². The fourth-order valence-corrected chi connectivity index (χ4v) is 3.84. The molecule has 2 heterocycles. The Hall–Kier alpha value is -3.46. The Morgan fingerprint density at radius 3 is 2.61 bits per heavy atom. The molecule has 1 amide bonds.